The maximum atomic E-state index is 12.3. The first-order valence-electron chi connectivity index (χ1n) is 11.1. The normalized spacial score (nSPS) is 11.5. The summed E-state index contributed by atoms with van der Waals surface area (Å²) >= 11 is 0. The first kappa shape index (κ1) is 26.1. The van der Waals surface area contributed by atoms with Crippen molar-refractivity contribution in [1.82, 2.24) is 0 Å². The molecular weight excluding hydrogens is 397 g/mol. The molecule has 1 aromatic rings. The number of benzene rings is 1. The van der Waals surface area contributed by atoms with Crippen LogP contribution in [0.5, 0.6) is 11.5 Å². The SMILES string of the molecule is CCCCCCCCCCCCCCCOc1cc(OC(F)(F)F)ccc1C(=O)O. The molecule has 0 aliphatic carbocycles. The number of carboxylic acid groups (broad SMARTS) is 1. The average Bonchev–Trinajstić information content (AvgIpc) is 2.67. The molecule has 1 N–H and O–H groups in total. The molecule has 0 amide bonds. The van der Waals surface area contributed by atoms with E-state index in [0.717, 1.165) is 43.9 Å². The molecule has 0 aliphatic rings. The fraction of sp³-hybridized carbons (Fsp3) is 0.696. The van der Waals surface area contributed by atoms with Crippen molar-refractivity contribution in [2.24, 2.45) is 0 Å². The van der Waals surface area contributed by atoms with Gasteiger partial charge in [-0.2, -0.15) is 0 Å². The molecule has 0 spiro atoms. The molecule has 0 saturated heterocycles. The molecule has 0 aliphatic heterocycles. The summed E-state index contributed by atoms with van der Waals surface area (Å²) in [6.07, 6.45) is 10.8. The van der Waals surface area contributed by atoms with Gasteiger partial charge in [-0.05, 0) is 18.6 Å². The zero-order chi connectivity index (χ0) is 22.2. The summed E-state index contributed by atoms with van der Waals surface area (Å²) in [5, 5.41) is 9.16. The van der Waals surface area contributed by atoms with Crippen molar-refractivity contribution in [3.05, 3.63) is 23.8 Å². The van der Waals surface area contributed by atoms with Crippen molar-refractivity contribution < 1.29 is 32.5 Å². The van der Waals surface area contributed by atoms with Gasteiger partial charge in [0.2, 0.25) is 0 Å². The minimum Gasteiger partial charge on any atom is -0.493 e. The Morgan fingerprint density at radius 3 is 1.83 bits per heavy atom. The number of unbranched alkanes of at least 4 members (excludes halogenated alkanes) is 12. The minimum absolute atomic E-state index is 0.108. The summed E-state index contributed by atoms with van der Waals surface area (Å²) in [6.45, 7) is 2.48. The Morgan fingerprint density at radius 1 is 0.867 bits per heavy atom. The van der Waals surface area contributed by atoms with Gasteiger partial charge in [-0.25, -0.2) is 4.79 Å². The van der Waals surface area contributed by atoms with Crippen LogP contribution in [0.4, 0.5) is 13.2 Å². The maximum absolute atomic E-state index is 12.3. The highest BCUT2D eigenvalue weighted by molar-refractivity contribution is 5.91. The van der Waals surface area contributed by atoms with Gasteiger partial charge in [0.1, 0.15) is 17.1 Å². The van der Waals surface area contributed by atoms with Crippen molar-refractivity contribution in [3.8, 4) is 11.5 Å². The van der Waals surface area contributed by atoms with Crippen molar-refractivity contribution >= 4 is 5.97 Å². The molecule has 0 atom stereocenters. The number of alkyl halides is 3. The number of ether oxygens (including phenoxy) is 2. The Morgan fingerprint density at radius 2 is 1.37 bits per heavy atom. The molecule has 30 heavy (non-hydrogen) atoms. The summed E-state index contributed by atoms with van der Waals surface area (Å²) in [6, 6.07) is 3.00. The molecule has 0 aromatic heterocycles. The van der Waals surface area contributed by atoms with E-state index in [1.165, 1.54) is 57.8 Å². The van der Waals surface area contributed by atoms with Crippen LogP contribution in [0, 0.1) is 0 Å². The highest BCUT2D eigenvalue weighted by Gasteiger charge is 2.31. The van der Waals surface area contributed by atoms with Gasteiger partial charge in [0.15, 0.2) is 0 Å². The van der Waals surface area contributed by atoms with Crippen LogP contribution in [0.15, 0.2) is 18.2 Å². The Kier molecular flexibility index (Phi) is 13.0. The molecule has 1 aromatic carbocycles. The lowest BCUT2D eigenvalue weighted by Gasteiger charge is -2.13. The Labute approximate surface area is 177 Å². The third-order valence-corrected chi connectivity index (χ3v) is 4.92. The lowest BCUT2D eigenvalue weighted by atomic mass is 10.0. The van der Waals surface area contributed by atoms with E-state index in [0.29, 0.717) is 0 Å². The number of rotatable bonds is 17. The van der Waals surface area contributed by atoms with Crippen LogP contribution in [-0.4, -0.2) is 24.0 Å². The van der Waals surface area contributed by atoms with Crippen LogP contribution >= 0.6 is 0 Å². The minimum atomic E-state index is -4.84. The first-order valence-corrected chi connectivity index (χ1v) is 11.1. The van der Waals surface area contributed by atoms with Gasteiger partial charge in [0, 0.05) is 6.07 Å². The van der Waals surface area contributed by atoms with E-state index in [1.54, 1.807) is 0 Å². The monoisotopic (exact) mass is 432 g/mol. The third kappa shape index (κ3) is 12.6. The topological polar surface area (TPSA) is 55.8 Å². The fourth-order valence-electron chi connectivity index (χ4n) is 3.30. The fourth-order valence-corrected chi connectivity index (χ4v) is 3.30. The quantitative estimate of drug-likeness (QED) is 0.256. The molecule has 0 heterocycles. The maximum Gasteiger partial charge on any atom is 0.573 e. The second-order valence-electron chi connectivity index (χ2n) is 7.60. The molecule has 172 valence electrons. The van der Waals surface area contributed by atoms with E-state index in [2.05, 4.69) is 11.7 Å². The summed E-state index contributed by atoms with van der Waals surface area (Å²) in [4.78, 5) is 11.2. The van der Waals surface area contributed by atoms with E-state index in [9.17, 15) is 18.0 Å². The van der Waals surface area contributed by atoms with E-state index in [4.69, 9.17) is 9.84 Å². The third-order valence-electron chi connectivity index (χ3n) is 4.92. The second kappa shape index (κ2) is 15.0. The first-order chi connectivity index (χ1) is 14.3. The standard InChI is InChI=1S/C23H35F3O4/c1-2-3-4-5-6-7-8-9-10-11-12-13-14-17-29-21-18-19(30-23(24,25)26)15-16-20(21)22(27)28/h15-16,18H,2-14,17H2,1H3,(H,27,28). The van der Waals surface area contributed by atoms with Gasteiger partial charge in [-0.3, -0.25) is 0 Å². The Hall–Kier alpha value is -1.92. The van der Waals surface area contributed by atoms with Crippen molar-refractivity contribution in [2.75, 3.05) is 6.61 Å². The van der Waals surface area contributed by atoms with Crippen LogP contribution in [0.1, 0.15) is 101 Å². The lowest BCUT2D eigenvalue weighted by Crippen LogP contribution is -2.17. The van der Waals surface area contributed by atoms with Crippen molar-refractivity contribution in [2.45, 2.75) is 96.8 Å². The van der Waals surface area contributed by atoms with Crippen LogP contribution in [-0.2, 0) is 0 Å². The molecule has 0 radical (unpaired) electrons. The number of aromatic carboxylic acids is 1. The Balaban J connectivity index is 2.17. The highest BCUT2D eigenvalue weighted by atomic mass is 19.4. The summed E-state index contributed by atoms with van der Waals surface area (Å²) < 4.78 is 46.3. The molecule has 1 rings (SSSR count). The smallest absolute Gasteiger partial charge is 0.493 e. The predicted molar refractivity (Wildman–Crippen MR) is 111 cm³/mol. The number of halogens is 3. The van der Waals surface area contributed by atoms with Crippen LogP contribution in [0.3, 0.4) is 0 Å². The predicted octanol–water partition coefficient (Wildman–Crippen LogP) is 7.75. The van der Waals surface area contributed by atoms with Gasteiger partial charge >= 0.3 is 12.3 Å². The molecule has 0 unspecified atom stereocenters. The zero-order valence-corrected chi connectivity index (χ0v) is 17.9. The van der Waals surface area contributed by atoms with Crippen LogP contribution in [0.25, 0.3) is 0 Å². The molecule has 0 fully saturated rings. The largest absolute Gasteiger partial charge is 0.573 e. The van der Waals surface area contributed by atoms with Crippen LogP contribution in [0.2, 0.25) is 0 Å². The van der Waals surface area contributed by atoms with E-state index in [-0.39, 0.29) is 17.9 Å². The average molecular weight is 433 g/mol. The molecule has 0 saturated carbocycles. The van der Waals surface area contributed by atoms with Gasteiger partial charge in [-0.1, -0.05) is 84.0 Å². The van der Waals surface area contributed by atoms with E-state index >= 15 is 0 Å². The lowest BCUT2D eigenvalue weighted by molar-refractivity contribution is -0.274. The van der Waals surface area contributed by atoms with E-state index in [1.807, 2.05) is 0 Å². The molecule has 4 nitrogen and oxygen atoms in total. The van der Waals surface area contributed by atoms with E-state index < -0.39 is 18.1 Å². The van der Waals surface area contributed by atoms with Crippen LogP contribution < -0.4 is 9.47 Å². The number of hydrogen-bond donors (Lipinski definition) is 1. The number of carboxylic acids is 1. The number of hydrogen-bond acceptors (Lipinski definition) is 3. The number of carbonyl (C=O) groups is 1. The van der Waals surface area contributed by atoms with Gasteiger partial charge in [0.05, 0.1) is 6.61 Å². The van der Waals surface area contributed by atoms with Gasteiger partial charge < -0.3 is 14.6 Å². The molecule has 0 bridgehead atoms. The Bertz CT molecular complexity index is 603. The summed E-state index contributed by atoms with van der Waals surface area (Å²) in [7, 11) is 0. The van der Waals surface area contributed by atoms with Crippen molar-refractivity contribution in [1.29, 1.82) is 0 Å². The van der Waals surface area contributed by atoms with Gasteiger partial charge in [-0.15, -0.1) is 13.2 Å². The second-order valence-corrected chi connectivity index (χ2v) is 7.60. The summed E-state index contributed by atoms with van der Waals surface area (Å²) in [5.74, 6) is -1.86. The summed E-state index contributed by atoms with van der Waals surface area (Å²) in [5.41, 5.74) is -0.181. The molecule has 7 heteroatoms. The highest BCUT2D eigenvalue weighted by Crippen LogP contribution is 2.29. The van der Waals surface area contributed by atoms with Crippen molar-refractivity contribution in [3.63, 3.8) is 0 Å². The zero-order valence-electron chi connectivity index (χ0n) is 17.9. The van der Waals surface area contributed by atoms with Gasteiger partial charge in [0.25, 0.3) is 0 Å². The molecular formula is C23H35F3O4.